The van der Waals surface area contributed by atoms with Gasteiger partial charge < -0.3 is 14.9 Å². The number of hydrogen-bond acceptors (Lipinski definition) is 3. The maximum absolute atomic E-state index is 12.3. The molecule has 0 spiro atoms. The predicted molar refractivity (Wildman–Crippen MR) is 98.2 cm³/mol. The summed E-state index contributed by atoms with van der Waals surface area (Å²) in [5.74, 6) is 1.52. The zero-order valence-electron chi connectivity index (χ0n) is 14.7. The van der Waals surface area contributed by atoms with E-state index in [0.717, 1.165) is 46.7 Å². The molecule has 1 atom stereocenters. The van der Waals surface area contributed by atoms with E-state index in [-0.39, 0.29) is 12.3 Å². The predicted octanol–water partition coefficient (Wildman–Crippen LogP) is 2.85. The zero-order chi connectivity index (χ0) is 17.4. The summed E-state index contributed by atoms with van der Waals surface area (Å²) >= 11 is 0. The molecule has 0 bridgehead atoms. The van der Waals surface area contributed by atoms with Crippen LogP contribution in [0.25, 0.3) is 22.1 Å². The van der Waals surface area contributed by atoms with Gasteiger partial charge >= 0.3 is 0 Å². The molecule has 0 saturated heterocycles. The van der Waals surface area contributed by atoms with Crippen molar-refractivity contribution in [2.24, 2.45) is 13.0 Å². The Morgan fingerprint density at radius 1 is 1.48 bits per heavy atom. The van der Waals surface area contributed by atoms with Crippen LogP contribution in [0.3, 0.4) is 0 Å². The van der Waals surface area contributed by atoms with Gasteiger partial charge in [-0.15, -0.1) is 0 Å². The third-order valence-corrected chi connectivity index (χ3v) is 5.21. The van der Waals surface area contributed by atoms with Crippen LogP contribution in [0, 0.1) is 5.92 Å². The van der Waals surface area contributed by atoms with Gasteiger partial charge in [0.25, 0.3) is 0 Å². The molecular weight excluding hydrogens is 314 g/mol. The summed E-state index contributed by atoms with van der Waals surface area (Å²) in [6.07, 6.45) is 9.64. The van der Waals surface area contributed by atoms with Crippen LogP contribution in [-0.4, -0.2) is 32.0 Å². The van der Waals surface area contributed by atoms with Crippen LogP contribution >= 0.6 is 0 Å². The Labute approximate surface area is 146 Å². The molecule has 3 aromatic heterocycles. The molecular formula is C19H23N5O. The maximum Gasteiger partial charge on any atom is 0.227 e. The minimum Gasteiger partial charge on any atom is -0.352 e. The Hall–Kier alpha value is -2.63. The van der Waals surface area contributed by atoms with Gasteiger partial charge in [-0.05, 0) is 24.8 Å². The van der Waals surface area contributed by atoms with E-state index in [0.29, 0.717) is 6.54 Å². The number of rotatable bonds is 5. The molecule has 0 aromatic carbocycles. The third-order valence-electron chi connectivity index (χ3n) is 5.21. The van der Waals surface area contributed by atoms with E-state index in [1.807, 2.05) is 23.9 Å². The smallest absolute Gasteiger partial charge is 0.227 e. The number of carbonyl (C=O) groups excluding carboxylic acids is 1. The molecule has 0 saturated carbocycles. The van der Waals surface area contributed by atoms with E-state index in [1.165, 1.54) is 12.0 Å². The number of aromatic amines is 1. The summed E-state index contributed by atoms with van der Waals surface area (Å²) < 4.78 is 1.99. The normalized spacial score (nSPS) is 17.4. The first-order valence-electron chi connectivity index (χ1n) is 8.87. The number of fused-ring (bicyclic) bond motifs is 3. The second-order valence-corrected chi connectivity index (χ2v) is 6.85. The van der Waals surface area contributed by atoms with Gasteiger partial charge in [0.15, 0.2) is 0 Å². The van der Waals surface area contributed by atoms with E-state index >= 15 is 0 Å². The molecule has 3 aromatic rings. The Kier molecular flexibility index (Phi) is 4.03. The highest BCUT2D eigenvalue weighted by atomic mass is 16.1. The highest BCUT2D eigenvalue weighted by Gasteiger charge is 2.17. The Morgan fingerprint density at radius 3 is 3.16 bits per heavy atom. The summed E-state index contributed by atoms with van der Waals surface area (Å²) in [5.41, 5.74) is 4.02. The van der Waals surface area contributed by atoms with Gasteiger partial charge in [-0.3, -0.25) is 4.79 Å². The highest BCUT2D eigenvalue weighted by molar-refractivity contribution is 6.01. The topological polar surface area (TPSA) is 75.6 Å². The number of nitrogens with one attached hydrogen (secondary N) is 2. The molecule has 6 nitrogen and oxygen atoms in total. The number of hydrogen-bond donors (Lipinski definition) is 2. The molecule has 3 heterocycles. The minimum absolute atomic E-state index is 0.0116. The maximum atomic E-state index is 12.3. The summed E-state index contributed by atoms with van der Waals surface area (Å²) in [6, 6.07) is 1.99. The number of imidazole rings is 1. The lowest BCUT2D eigenvalue weighted by atomic mass is 10.0. The van der Waals surface area contributed by atoms with Crippen LogP contribution in [-0.2, 0) is 18.3 Å². The minimum atomic E-state index is 0.0116. The molecule has 0 radical (unpaired) electrons. The number of carbonyl (C=O) groups is 1. The second kappa shape index (κ2) is 6.35. The summed E-state index contributed by atoms with van der Waals surface area (Å²) in [6.45, 7) is 2.88. The van der Waals surface area contributed by atoms with Gasteiger partial charge in [-0.2, -0.15) is 0 Å². The molecule has 4 rings (SSSR count). The van der Waals surface area contributed by atoms with Crippen LogP contribution in [0.4, 0.5) is 0 Å². The quantitative estimate of drug-likeness (QED) is 0.703. The van der Waals surface area contributed by atoms with Crippen molar-refractivity contribution in [3.05, 3.63) is 35.9 Å². The van der Waals surface area contributed by atoms with E-state index in [9.17, 15) is 4.79 Å². The van der Waals surface area contributed by atoms with Crippen molar-refractivity contribution in [3.63, 3.8) is 0 Å². The average molecular weight is 337 g/mol. The van der Waals surface area contributed by atoms with Gasteiger partial charge in [-0.1, -0.05) is 25.0 Å². The van der Waals surface area contributed by atoms with Crippen molar-refractivity contribution in [3.8, 4) is 0 Å². The van der Waals surface area contributed by atoms with E-state index in [1.54, 1.807) is 6.20 Å². The molecule has 130 valence electrons. The fourth-order valence-corrected chi connectivity index (χ4v) is 3.66. The van der Waals surface area contributed by atoms with Gasteiger partial charge in [0.1, 0.15) is 17.0 Å². The fraction of sp³-hybridized carbons (Fsp3) is 0.421. The van der Waals surface area contributed by atoms with Gasteiger partial charge in [0, 0.05) is 25.2 Å². The molecule has 0 fully saturated rings. The van der Waals surface area contributed by atoms with Crippen LogP contribution in [0.1, 0.15) is 32.0 Å². The third kappa shape index (κ3) is 2.92. The highest BCUT2D eigenvalue weighted by Crippen LogP contribution is 2.27. The monoisotopic (exact) mass is 337 g/mol. The SMILES string of the molecule is CCC1CC=C(CNC(=O)Cc2nc3cnc4[nH]ccc4c3n2C)C1. The van der Waals surface area contributed by atoms with Crippen molar-refractivity contribution in [2.45, 2.75) is 32.6 Å². The van der Waals surface area contributed by atoms with E-state index in [4.69, 9.17) is 0 Å². The molecule has 1 amide bonds. The fourth-order valence-electron chi connectivity index (χ4n) is 3.66. The average Bonchev–Trinajstić information content (AvgIpc) is 3.32. The number of nitrogens with zero attached hydrogens (tertiary/aromatic N) is 3. The number of H-pyrrole nitrogens is 1. The van der Waals surface area contributed by atoms with Crippen molar-refractivity contribution >= 4 is 28.0 Å². The van der Waals surface area contributed by atoms with Gasteiger partial charge in [0.05, 0.1) is 18.1 Å². The molecule has 2 N–H and O–H groups in total. The number of aryl methyl sites for hydroxylation is 1. The number of pyridine rings is 1. The molecule has 1 aliphatic carbocycles. The largest absolute Gasteiger partial charge is 0.352 e. The molecule has 1 aliphatic rings. The van der Waals surface area contributed by atoms with Crippen molar-refractivity contribution < 1.29 is 4.79 Å². The lowest BCUT2D eigenvalue weighted by Gasteiger charge is -2.08. The van der Waals surface area contributed by atoms with Crippen molar-refractivity contribution in [2.75, 3.05) is 6.54 Å². The first-order chi connectivity index (χ1) is 12.2. The number of aromatic nitrogens is 4. The number of allylic oxidation sites excluding steroid dienone is 1. The van der Waals surface area contributed by atoms with Crippen LogP contribution in [0.15, 0.2) is 30.1 Å². The van der Waals surface area contributed by atoms with Crippen LogP contribution in [0.2, 0.25) is 0 Å². The molecule has 25 heavy (non-hydrogen) atoms. The Bertz CT molecular complexity index is 965. The van der Waals surface area contributed by atoms with Crippen molar-refractivity contribution in [1.29, 1.82) is 0 Å². The summed E-state index contributed by atoms with van der Waals surface area (Å²) in [7, 11) is 1.95. The van der Waals surface area contributed by atoms with E-state index < -0.39 is 0 Å². The number of amides is 1. The molecule has 6 heteroatoms. The molecule has 0 aliphatic heterocycles. The molecule has 1 unspecified atom stereocenters. The van der Waals surface area contributed by atoms with Gasteiger partial charge in [-0.25, -0.2) is 9.97 Å². The van der Waals surface area contributed by atoms with Crippen molar-refractivity contribution in [1.82, 2.24) is 24.8 Å². The second-order valence-electron chi connectivity index (χ2n) is 6.85. The lowest BCUT2D eigenvalue weighted by Crippen LogP contribution is -2.28. The standard InChI is InChI=1S/C19H23N5O/c1-3-12-4-5-13(8-12)10-21-17(25)9-16-23-15-11-22-19-14(6-7-20-19)18(15)24(16)2/h5-7,11-12H,3-4,8-10H2,1-2H3,(H,20,22)(H,21,25). The van der Waals surface area contributed by atoms with Crippen LogP contribution < -0.4 is 5.32 Å². The summed E-state index contributed by atoms with van der Waals surface area (Å²) in [4.78, 5) is 24.4. The Morgan fingerprint density at radius 2 is 2.36 bits per heavy atom. The summed E-state index contributed by atoms with van der Waals surface area (Å²) in [5, 5.41) is 4.07. The van der Waals surface area contributed by atoms with Crippen LogP contribution in [0.5, 0.6) is 0 Å². The first-order valence-corrected chi connectivity index (χ1v) is 8.87. The first kappa shape index (κ1) is 15.9. The zero-order valence-corrected chi connectivity index (χ0v) is 14.7. The van der Waals surface area contributed by atoms with Gasteiger partial charge in [0.2, 0.25) is 5.91 Å². The lowest BCUT2D eigenvalue weighted by molar-refractivity contribution is -0.120. The van der Waals surface area contributed by atoms with E-state index in [2.05, 4.69) is 33.3 Å². The Balaban J connectivity index is 1.47.